The number of amides is 2. The summed E-state index contributed by atoms with van der Waals surface area (Å²) in [7, 11) is 0. The fraction of sp³-hybridized carbons (Fsp3) is 0.400. The second-order valence-corrected chi connectivity index (χ2v) is 8.65. The molecule has 1 fully saturated rings. The van der Waals surface area contributed by atoms with Crippen molar-refractivity contribution in [2.24, 2.45) is 0 Å². The van der Waals surface area contributed by atoms with Gasteiger partial charge in [-0.3, -0.25) is 9.59 Å². The van der Waals surface area contributed by atoms with Crippen LogP contribution in [-0.4, -0.2) is 71.1 Å². The van der Waals surface area contributed by atoms with Gasteiger partial charge in [0.15, 0.2) is 10.1 Å². The molecule has 1 aliphatic rings. The fourth-order valence-electron chi connectivity index (χ4n) is 2.90. The van der Waals surface area contributed by atoms with Gasteiger partial charge in [0.25, 0.3) is 0 Å². The average Bonchev–Trinajstić information content (AvgIpc) is 3.20. The van der Waals surface area contributed by atoms with Crippen molar-refractivity contribution in [3.8, 4) is 0 Å². The molecule has 2 amide bonds. The smallest absolute Gasteiger partial charge is 0.409 e. The molecular weight excluding hydrogens is 429 g/mol. The van der Waals surface area contributed by atoms with Gasteiger partial charge in [-0.05, 0) is 31.2 Å². The molecule has 160 valence electrons. The third kappa shape index (κ3) is 6.02. The zero-order valence-corrected chi connectivity index (χ0v) is 18.1. The van der Waals surface area contributed by atoms with Crippen LogP contribution in [0.4, 0.5) is 9.18 Å². The molecule has 0 bridgehead atoms. The lowest BCUT2D eigenvalue weighted by Crippen LogP contribution is -2.51. The highest BCUT2D eigenvalue weighted by Crippen LogP contribution is 2.24. The topological polar surface area (TPSA) is 79.8 Å². The minimum absolute atomic E-state index is 0.0391. The van der Waals surface area contributed by atoms with Crippen LogP contribution < -0.4 is 0 Å². The van der Waals surface area contributed by atoms with Gasteiger partial charge in [-0.15, -0.1) is 11.3 Å². The molecule has 2 heterocycles. The maximum Gasteiger partial charge on any atom is 0.409 e. The first-order chi connectivity index (χ1) is 14.5. The van der Waals surface area contributed by atoms with Crippen LogP contribution in [0.5, 0.6) is 0 Å². The van der Waals surface area contributed by atoms with Crippen molar-refractivity contribution in [1.29, 1.82) is 0 Å². The summed E-state index contributed by atoms with van der Waals surface area (Å²) < 4.78 is 18.6. The van der Waals surface area contributed by atoms with E-state index in [1.54, 1.807) is 16.7 Å². The number of halogens is 1. The van der Waals surface area contributed by atoms with Gasteiger partial charge in [0.05, 0.1) is 24.5 Å². The summed E-state index contributed by atoms with van der Waals surface area (Å²) in [6, 6.07) is 5.45. The molecule has 10 heteroatoms. The van der Waals surface area contributed by atoms with E-state index in [9.17, 15) is 18.8 Å². The first-order valence-electron chi connectivity index (χ1n) is 9.51. The van der Waals surface area contributed by atoms with Crippen molar-refractivity contribution >= 4 is 40.9 Å². The molecule has 0 unspecified atom stereocenters. The molecule has 0 atom stereocenters. The van der Waals surface area contributed by atoms with Crippen molar-refractivity contribution in [3.05, 3.63) is 46.7 Å². The molecule has 2 aromatic rings. The van der Waals surface area contributed by atoms with E-state index in [4.69, 9.17) is 4.74 Å². The van der Waals surface area contributed by atoms with Crippen molar-refractivity contribution in [2.45, 2.75) is 17.7 Å². The normalized spacial score (nSPS) is 13.9. The number of thiazole rings is 1. The number of carbonyl (C=O) groups is 3. The first-order valence-corrected chi connectivity index (χ1v) is 11.4. The summed E-state index contributed by atoms with van der Waals surface area (Å²) in [4.78, 5) is 44.2. The maximum atomic E-state index is 12.9. The van der Waals surface area contributed by atoms with E-state index >= 15 is 0 Å². The van der Waals surface area contributed by atoms with Crippen LogP contribution in [0, 0.1) is 5.82 Å². The van der Waals surface area contributed by atoms with E-state index in [1.165, 1.54) is 47.4 Å². The van der Waals surface area contributed by atoms with Gasteiger partial charge >= 0.3 is 6.09 Å². The van der Waals surface area contributed by atoms with Crippen LogP contribution in [0.1, 0.15) is 23.0 Å². The maximum absolute atomic E-state index is 12.9. The van der Waals surface area contributed by atoms with Crippen LogP contribution in [0.2, 0.25) is 0 Å². The highest BCUT2D eigenvalue weighted by atomic mass is 32.2. The van der Waals surface area contributed by atoms with Crippen molar-refractivity contribution in [3.63, 3.8) is 0 Å². The third-order valence-electron chi connectivity index (χ3n) is 4.51. The molecule has 1 aromatic heterocycles. The van der Waals surface area contributed by atoms with Gasteiger partial charge in [0, 0.05) is 37.1 Å². The standard InChI is InChI=1S/C20H22FN3O4S2/c1-2-28-20(27)24-9-7-23(8-10-24)18(26)11-16-12-29-19(22-16)30-13-17(25)14-3-5-15(21)6-4-14/h3-6,12H,2,7-11,13H2,1H3. The summed E-state index contributed by atoms with van der Waals surface area (Å²) >= 11 is 2.69. The Kier molecular flexibility index (Phi) is 7.81. The Balaban J connectivity index is 1.45. The van der Waals surface area contributed by atoms with Crippen LogP contribution in [0.3, 0.4) is 0 Å². The predicted molar refractivity (Wildman–Crippen MR) is 112 cm³/mol. The van der Waals surface area contributed by atoms with Gasteiger partial charge in [0.1, 0.15) is 5.82 Å². The zero-order chi connectivity index (χ0) is 21.5. The molecule has 7 nitrogen and oxygen atoms in total. The number of thioether (sulfide) groups is 1. The number of nitrogens with zero attached hydrogens (tertiary/aromatic N) is 3. The number of aromatic nitrogens is 1. The Morgan fingerprint density at radius 2 is 1.80 bits per heavy atom. The van der Waals surface area contributed by atoms with E-state index in [-0.39, 0.29) is 35.8 Å². The summed E-state index contributed by atoms with van der Waals surface area (Å²) in [6.07, 6.45) is -0.163. The Bertz CT molecular complexity index is 896. The summed E-state index contributed by atoms with van der Waals surface area (Å²) in [5, 5.41) is 1.82. The average molecular weight is 452 g/mol. The zero-order valence-electron chi connectivity index (χ0n) is 16.5. The Morgan fingerprint density at radius 1 is 1.13 bits per heavy atom. The molecule has 3 rings (SSSR count). The number of hydrogen-bond acceptors (Lipinski definition) is 7. The molecule has 0 aliphatic carbocycles. The van der Waals surface area contributed by atoms with E-state index in [1.807, 2.05) is 5.38 Å². The molecular formula is C20H22FN3O4S2. The summed E-state index contributed by atoms with van der Waals surface area (Å²) in [6.45, 7) is 3.93. The molecule has 1 saturated heterocycles. The number of Topliss-reactive ketones (excluding diaryl/α,β-unsaturated/α-hetero) is 1. The van der Waals surface area contributed by atoms with Gasteiger partial charge in [-0.2, -0.15) is 0 Å². The molecule has 0 radical (unpaired) electrons. The van der Waals surface area contributed by atoms with E-state index in [0.29, 0.717) is 48.4 Å². The van der Waals surface area contributed by atoms with Crippen molar-refractivity contribution in [2.75, 3.05) is 38.5 Å². The van der Waals surface area contributed by atoms with Gasteiger partial charge in [0.2, 0.25) is 5.91 Å². The van der Waals surface area contributed by atoms with Crippen LogP contribution in [0.15, 0.2) is 34.0 Å². The van der Waals surface area contributed by atoms with Crippen LogP contribution >= 0.6 is 23.1 Å². The summed E-state index contributed by atoms with van der Waals surface area (Å²) in [5.74, 6) is -0.326. The second-order valence-electron chi connectivity index (χ2n) is 6.57. The Labute approximate surface area is 182 Å². The molecule has 1 aliphatic heterocycles. The van der Waals surface area contributed by atoms with E-state index in [2.05, 4.69) is 4.98 Å². The largest absolute Gasteiger partial charge is 0.450 e. The van der Waals surface area contributed by atoms with Crippen molar-refractivity contribution in [1.82, 2.24) is 14.8 Å². The molecule has 0 N–H and O–H groups in total. The number of rotatable bonds is 7. The minimum atomic E-state index is -0.379. The van der Waals surface area contributed by atoms with Gasteiger partial charge in [-0.1, -0.05) is 11.8 Å². The highest BCUT2D eigenvalue weighted by Gasteiger charge is 2.25. The fourth-order valence-corrected chi connectivity index (χ4v) is 4.64. The minimum Gasteiger partial charge on any atom is -0.450 e. The molecule has 0 spiro atoms. The second kappa shape index (κ2) is 10.5. The highest BCUT2D eigenvalue weighted by molar-refractivity contribution is 8.01. The number of hydrogen-bond donors (Lipinski definition) is 0. The van der Waals surface area contributed by atoms with Crippen LogP contribution in [0.25, 0.3) is 0 Å². The number of piperazine rings is 1. The summed E-state index contributed by atoms with van der Waals surface area (Å²) in [5.41, 5.74) is 1.12. The number of benzene rings is 1. The third-order valence-corrected chi connectivity index (χ3v) is 6.58. The Morgan fingerprint density at radius 3 is 2.47 bits per heavy atom. The van der Waals surface area contributed by atoms with Crippen LogP contribution in [-0.2, 0) is 16.0 Å². The Hall–Kier alpha value is -2.46. The lowest BCUT2D eigenvalue weighted by molar-refractivity contribution is -0.132. The lowest BCUT2D eigenvalue weighted by Gasteiger charge is -2.34. The molecule has 1 aromatic carbocycles. The first kappa shape index (κ1) is 22.2. The molecule has 0 saturated carbocycles. The van der Waals surface area contributed by atoms with Crippen molar-refractivity contribution < 1.29 is 23.5 Å². The number of ether oxygens (including phenoxy) is 1. The number of carbonyl (C=O) groups excluding carboxylic acids is 3. The van der Waals surface area contributed by atoms with Gasteiger partial charge < -0.3 is 14.5 Å². The molecule has 30 heavy (non-hydrogen) atoms. The SMILES string of the molecule is CCOC(=O)N1CCN(C(=O)Cc2csc(SCC(=O)c3ccc(F)cc3)n2)CC1. The van der Waals surface area contributed by atoms with E-state index < -0.39 is 0 Å². The van der Waals surface area contributed by atoms with Gasteiger partial charge in [-0.25, -0.2) is 14.2 Å². The lowest BCUT2D eigenvalue weighted by atomic mass is 10.1. The monoisotopic (exact) mass is 451 g/mol. The quantitative estimate of drug-likeness (QED) is 0.475. The van der Waals surface area contributed by atoms with E-state index in [0.717, 1.165) is 0 Å². The number of ketones is 1. The predicted octanol–water partition coefficient (Wildman–Crippen LogP) is 3.10.